The van der Waals surface area contributed by atoms with Crippen LogP contribution in [-0.2, 0) is 9.63 Å². The van der Waals surface area contributed by atoms with Crippen LogP contribution in [0.3, 0.4) is 0 Å². The van der Waals surface area contributed by atoms with E-state index in [1.165, 1.54) is 37.4 Å². The number of methoxy groups -OCH3 is 1. The van der Waals surface area contributed by atoms with Crippen molar-refractivity contribution in [3.05, 3.63) is 72.6 Å². The fourth-order valence-corrected chi connectivity index (χ4v) is 7.57. The van der Waals surface area contributed by atoms with Gasteiger partial charge in [0.05, 0.1) is 36.8 Å². The molecule has 1 aromatic heterocycles. The van der Waals surface area contributed by atoms with Gasteiger partial charge >= 0.3 is 0 Å². The van der Waals surface area contributed by atoms with Gasteiger partial charge in [0.15, 0.2) is 5.82 Å². The van der Waals surface area contributed by atoms with Crippen LogP contribution in [0.4, 0.5) is 37.5 Å². The first-order valence-electron chi connectivity index (χ1n) is 17.2. The van der Waals surface area contributed by atoms with Crippen LogP contribution < -0.4 is 25.3 Å². The lowest BCUT2D eigenvalue weighted by molar-refractivity contribution is -0.111. The number of hydrogen-bond donors (Lipinski definition) is 2. The maximum absolute atomic E-state index is 14.0. The lowest BCUT2D eigenvalue weighted by Crippen LogP contribution is -2.57. The zero-order valence-electron chi connectivity index (χ0n) is 28.1. The van der Waals surface area contributed by atoms with Gasteiger partial charge in [0.1, 0.15) is 29.5 Å². The monoisotopic (exact) mass is 674 g/mol. The summed E-state index contributed by atoms with van der Waals surface area (Å²) in [4.78, 5) is 34.9. The Kier molecular flexibility index (Phi) is 9.66. The van der Waals surface area contributed by atoms with E-state index in [9.17, 15) is 13.6 Å². The third-order valence-electron chi connectivity index (χ3n) is 10.1. The first-order chi connectivity index (χ1) is 23.8. The summed E-state index contributed by atoms with van der Waals surface area (Å²) in [6.45, 7) is 11.5. The molecule has 13 heteroatoms. The Labute approximate surface area is 285 Å². The summed E-state index contributed by atoms with van der Waals surface area (Å²) in [5.41, 5.74) is 2.54. The van der Waals surface area contributed by atoms with Crippen molar-refractivity contribution < 1.29 is 23.1 Å². The van der Waals surface area contributed by atoms with E-state index in [-0.39, 0.29) is 5.91 Å². The summed E-state index contributed by atoms with van der Waals surface area (Å²) in [5.74, 6) is -0.180. The van der Waals surface area contributed by atoms with Crippen molar-refractivity contribution in [3.8, 4) is 5.75 Å². The standard InChI is InChI=1S/C36H44F2N8O3/c1-4-36(47)42-29-18-30(41-34-20-35(40-22-39-34)46-31(9-14-49-46)24-15-25(37)17-26(38)16-24)33(48-3)19-32(29)43-10-7-27(8-11-43)44-12-13-45(23(2)21-44)28-5-6-28/h4,15-20,22-23,27-28,31H,1,5-14,21H2,2-3H3,(H,42,47)(H,39,40,41)/t23-,31+/m0/s1. The molecule has 4 aliphatic rings. The maximum Gasteiger partial charge on any atom is 0.247 e. The van der Waals surface area contributed by atoms with Crippen molar-refractivity contribution in [1.82, 2.24) is 19.8 Å². The minimum Gasteiger partial charge on any atom is -0.494 e. The number of anilines is 5. The van der Waals surface area contributed by atoms with E-state index in [1.807, 2.05) is 12.1 Å². The highest BCUT2D eigenvalue weighted by molar-refractivity contribution is 6.02. The molecule has 0 bridgehead atoms. The van der Waals surface area contributed by atoms with Crippen molar-refractivity contribution in [3.63, 3.8) is 0 Å². The van der Waals surface area contributed by atoms with Crippen molar-refractivity contribution >= 4 is 34.6 Å². The molecule has 0 spiro atoms. The lowest BCUT2D eigenvalue weighted by Gasteiger charge is -2.46. The number of piperazine rings is 1. The van der Waals surface area contributed by atoms with Gasteiger partial charge in [0.2, 0.25) is 5.91 Å². The number of carbonyl (C=O) groups excluding carboxylic acids is 1. The number of amides is 1. The summed E-state index contributed by atoms with van der Waals surface area (Å²) in [5, 5.41) is 7.85. The fraction of sp³-hybridized carbons (Fsp3) is 0.472. The van der Waals surface area contributed by atoms with Gasteiger partial charge in [-0.25, -0.2) is 23.8 Å². The number of hydrogen-bond acceptors (Lipinski definition) is 10. The number of ether oxygens (including phenoxy) is 1. The van der Waals surface area contributed by atoms with Crippen molar-refractivity contribution in [2.45, 2.75) is 63.2 Å². The summed E-state index contributed by atoms with van der Waals surface area (Å²) >= 11 is 0. The van der Waals surface area contributed by atoms with Gasteiger partial charge in [-0.05, 0) is 62.4 Å². The molecule has 3 aliphatic heterocycles. The molecule has 3 saturated heterocycles. The Balaban J connectivity index is 1.08. The van der Waals surface area contributed by atoms with Gasteiger partial charge in [-0.3, -0.25) is 19.4 Å². The molecular formula is C36H44F2N8O3. The molecule has 0 radical (unpaired) electrons. The van der Waals surface area contributed by atoms with E-state index in [1.54, 1.807) is 18.2 Å². The van der Waals surface area contributed by atoms with Crippen LogP contribution in [0.15, 0.2) is 55.4 Å². The number of benzene rings is 2. The smallest absolute Gasteiger partial charge is 0.247 e. The fourth-order valence-electron chi connectivity index (χ4n) is 7.57. The van der Waals surface area contributed by atoms with Gasteiger partial charge in [-0.2, -0.15) is 0 Å². The summed E-state index contributed by atoms with van der Waals surface area (Å²) in [7, 11) is 1.60. The largest absolute Gasteiger partial charge is 0.494 e. The molecule has 260 valence electrons. The van der Waals surface area contributed by atoms with Crippen molar-refractivity contribution in [2.75, 3.05) is 67.0 Å². The van der Waals surface area contributed by atoms with Crippen LogP contribution in [0.2, 0.25) is 0 Å². The number of halogens is 2. The number of piperidine rings is 1. The van der Waals surface area contributed by atoms with E-state index in [2.05, 4.69) is 48.8 Å². The maximum atomic E-state index is 14.0. The van der Waals surface area contributed by atoms with E-state index in [0.717, 1.165) is 63.4 Å². The molecule has 49 heavy (non-hydrogen) atoms. The first kappa shape index (κ1) is 33.2. The minimum atomic E-state index is -0.650. The number of nitrogens with one attached hydrogen (secondary N) is 2. The number of rotatable bonds is 10. The Morgan fingerprint density at radius 2 is 1.73 bits per heavy atom. The van der Waals surface area contributed by atoms with E-state index in [0.29, 0.717) is 59.4 Å². The van der Waals surface area contributed by atoms with Crippen LogP contribution >= 0.6 is 0 Å². The molecule has 2 atom stereocenters. The number of nitrogens with zero attached hydrogens (tertiary/aromatic N) is 6. The number of hydroxylamine groups is 1. The minimum absolute atomic E-state index is 0.315. The highest BCUT2D eigenvalue weighted by atomic mass is 19.1. The summed E-state index contributed by atoms with van der Waals surface area (Å²) < 4.78 is 33.9. The van der Waals surface area contributed by atoms with Crippen LogP contribution in [0.25, 0.3) is 0 Å². The molecule has 4 heterocycles. The quantitative estimate of drug-likeness (QED) is 0.263. The molecule has 1 aliphatic carbocycles. The predicted molar refractivity (Wildman–Crippen MR) is 185 cm³/mol. The van der Waals surface area contributed by atoms with Crippen molar-refractivity contribution in [2.24, 2.45) is 0 Å². The lowest BCUT2D eigenvalue weighted by atomic mass is 9.99. The molecule has 2 N–H and O–H groups in total. The van der Waals surface area contributed by atoms with Gasteiger partial charge in [0, 0.05) is 75.5 Å². The molecule has 4 fully saturated rings. The zero-order valence-corrected chi connectivity index (χ0v) is 28.1. The molecule has 11 nitrogen and oxygen atoms in total. The highest BCUT2D eigenvalue weighted by Gasteiger charge is 2.38. The molecule has 7 rings (SSSR count). The Hall–Kier alpha value is -4.33. The third-order valence-corrected chi connectivity index (χ3v) is 10.1. The van der Waals surface area contributed by atoms with Crippen molar-refractivity contribution in [1.29, 1.82) is 0 Å². The third kappa shape index (κ3) is 7.34. The topological polar surface area (TPSA) is 98.3 Å². The Morgan fingerprint density at radius 1 is 0.959 bits per heavy atom. The normalized spacial score (nSPS) is 22.3. The second kappa shape index (κ2) is 14.3. The van der Waals surface area contributed by atoms with Gasteiger partial charge in [-0.15, -0.1) is 0 Å². The molecule has 3 aromatic rings. The highest BCUT2D eigenvalue weighted by Crippen LogP contribution is 2.41. The van der Waals surface area contributed by atoms with Gasteiger partial charge in [0.25, 0.3) is 0 Å². The van der Waals surface area contributed by atoms with E-state index in [4.69, 9.17) is 9.57 Å². The van der Waals surface area contributed by atoms with Gasteiger partial charge in [-0.1, -0.05) is 6.58 Å². The second-order valence-electron chi connectivity index (χ2n) is 13.3. The SMILES string of the molecule is C=CC(=O)Nc1cc(Nc2cc(N3OCC[C@@H]3c3cc(F)cc(F)c3)ncn2)c(OC)cc1N1CCC(N2CCN(C3CC3)[C@@H](C)C2)CC1. The molecule has 0 unspecified atom stereocenters. The van der Waals surface area contributed by atoms with Gasteiger partial charge < -0.3 is 20.3 Å². The molecule has 1 amide bonds. The van der Waals surface area contributed by atoms with Crippen LogP contribution in [0, 0.1) is 11.6 Å². The zero-order chi connectivity index (χ0) is 34.1. The molecule has 1 saturated carbocycles. The van der Waals surface area contributed by atoms with Crippen LogP contribution in [0.1, 0.15) is 50.6 Å². The number of aromatic nitrogens is 2. The average Bonchev–Trinajstić information content (AvgIpc) is 3.82. The second-order valence-corrected chi connectivity index (χ2v) is 13.3. The van der Waals surface area contributed by atoms with Crippen LogP contribution in [-0.4, -0.2) is 90.2 Å². The predicted octanol–water partition coefficient (Wildman–Crippen LogP) is 5.65. The summed E-state index contributed by atoms with van der Waals surface area (Å²) in [6.07, 6.45) is 7.95. The van der Waals surface area contributed by atoms with Crippen LogP contribution in [0.5, 0.6) is 5.75 Å². The Morgan fingerprint density at radius 3 is 2.43 bits per heavy atom. The van der Waals surface area contributed by atoms with E-state index >= 15 is 0 Å². The summed E-state index contributed by atoms with van der Waals surface area (Å²) in [6, 6.07) is 10.4. The Bertz CT molecular complexity index is 1660. The van der Waals surface area contributed by atoms with E-state index < -0.39 is 17.7 Å². The molecular weight excluding hydrogens is 630 g/mol. The molecule has 2 aromatic carbocycles. The average molecular weight is 675 g/mol. The first-order valence-corrected chi connectivity index (χ1v) is 17.2. The number of carbonyl (C=O) groups is 1.